The largest absolute Gasteiger partial charge is 0.389 e. The van der Waals surface area contributed by atoms with Crippen LogP contribution in [-0.4, -0.2) is 31.3 Å². The quantitative estimate of drug-likeness (QED) is 0.809. The van der Waals surface area contributed by atoms with Crippen molar-refractivity contribution in [3.63, 3.8) is 0 Å². The predicted molar refractivity (Wildman–Crippen MR) is 77.1 cm³/mol. The topological polar surface area (TPSA) is 63.4 Å². The van der Waals surface area contributed by atoms with Crippen molar-refractivity contribution in [2.75, 3.05) is 13.6 Å². The molecule has 0 aliphatic heterocycles. The van der Waals surface area contributed by atoms with Gasteiger partial charge in [-0.15, -0.1) is 0 Å². The second-order valence-electron chi connectivity index (χ2n) is 4.07. The molecule has 4 nitrogen and oxygen atoms in total. The molecule has 0 unspecified atom stereocenters. The van der Waals surface area contributed by atoms with Crippen molar-refractivity contribution in [3.05, 3.63) is 29.8 Å². The number of hydrogen-bond acceptors (Lipinski definition) is 3. The third-order valence-corrected chi connectivity index (χ3v) is 4.74. The fourth-order valence-corrected chi connectivity index (χ4v) is 2.87. The Hall–Kier alpha value is -0.980. The number of thiocarbonyl (C=S) groups is 1. The van der Waals surface area contributed by atoms with E-state index in [-0.39, 0.29) is 9.88 Å². The van der Waals surface area contributed by atoms with E-state index in [1.807, 2.05) is 6.92 Å². The Morgan fingerprint density at radius 3 is 2.67 bits per heavy atom. The molecule has 100 valence electrons. The maximum atomic E-state index is 12.3. The summed E-state index contributed by atoms with van der Waals surface area (Å²) in [6.45, 7) is 2.53. The summed E-state index contributed by atoms with van der Waals surface area (Å²) in [5, 5.41) is 0. The Kier molecular flexibility index (Phi) is 5.25. The molecule has 0 aromatic heterocycles. The van der Waals surface area contributed by atoms with E-state index >= 15 is 0 Å². The fraction of sp³-hybridized carbons (Fsp3) is 0.417. The summed E-state index contributed by atoms with van der Waals surface area (Å²) in [7, 11) is -1.87. The second kappa shape index (κ2) is 6.26. The lowest BCUT2D eigenvalue weighted by Crippen LogP contribution is -2.28. The lowest BCUT2D eigenvalue weighted by molar-refractivity contribution is 0.459. The van der Waals surface area contributed by atoms with Crippen LogP contribution in [0.25, 0.3) is 0 Å². The lowest BCUT2D eigenvalue weighted by atomic mass is 10.2. The van der Waals surface area contributed by atoms with E-state index in [9.17, 15) is 8.42 Å². The normalized spacial score (nSPS) is 11.7. The molecule has 1 aromatic carbocycles. The van der Waals surface area contributed by atoms with Crippen LogP contribution in [0.15, 0.2) is 29.2 Å². The average molecular weight is 286 g/mol. The first-order valence-electron chi connectivity index (χ1n) is 5.75. The van der Waals surface area contributed by atoms with Gasteiger partial charge >= 0.3 is 0 Å². The summed E-state index contributed by atoms with van der Waals surface area (Å²) in [6.07, 6.45) is 1.79. The first-order valence-corrected chi connectivity index (χ1v) is 7.60. The minimum Gasteiger partial charge on any atom is -0.389 e. The van der Waals surface area contributed by atoms with Gasteiger partial charge in [0.2, 0.25) is 10.0 Å². The van der Waals surface area contributed by atoms with Crippen LogP contribution in [0.2, 0.25) is 0 Å². The van der Waals surface area contributed by atoms with Gasteiger partial charge in [0, 0.05) is 19.2 Å². The average Bonchev–Trinajstić information content (AvgIpc) is 2.35. The molecule has 0 atom stereocenters. The first kappa shape index (κ1) is 15.1. The zero-order valence-electron chi connectivity index (χ0n) is 10.6. The fourth-order valence-electron chi connectivity index (χ4n) is 1.49. The van der Waals surface area contributed by atoms with Gasteiger partial charge in [0.15, 0.2) is 0 Å². The number of nitrogens with two attached hydrogens (primary N) is 1. The van der Waals surface area contributed by atoms with Gasteiger partial charge in [-0.2, -0.15) is 0 Å². The Morgan fingerprint density at radius 2 is 2.11 bits per heavy atom. The molecule has 0 aliphatic carbocycles. The minimum atomic E-state index is -3.45. The van der Waals surface area contributed by atoms with Gasteiger partial charge in [-0.05, 0) is 18.6 Å². The van der Waals surface area contributed by atoms with E-state index in [0.29, 0.717) is 12.1 Å². The minimum absolute atomic E-state index is 0.197. The highest BCUT2D eigenvalue weighted by Crippen LogP contribution is 2.16. The van der Waals surface area contributed by atoms with E-state index < -0.39 is 10.0 Å². The number of benzene rings is 1. The van der Waals surface area contributed by atoms with Gasteiger partial charge in [0.25, 0.3) is 0 Å². The van der Waals surface area contributed by atoms with Gasteiger partial charge in [0.05, 0.1) is 4.90 Å². The molecule has 0 bridgehead atoms. The van der Waals surface area contributed by atoms with Crippen LogP contribution in [0.1, 0.15) is 25.3 Å². The van der Waals surface area contributed by atoms with Crippen LogP contribution in [0.4, 0.5) is 0 Å². The highest BCUT2D eigenvalue weighted by atomic mass is 32.2. The number of unbranched alkanes of at least 4 members (excludes halogenated alkanes) is 1. The number of nitrogens with zero attached hydrogens (tertiary/aromatic N) is 1. The van der Waals surface area contributed by atoms with Crippen LogP contribution in [-0.2, 0) is 10.0 Å². The van der Waals surface area contributed by atoms with E-state index in [4.69, 9.17) is 18.0 Å². The molecular formula is C12H18N2O2S2. The van der Waals surface area contributed by atoms with Crippen LogP contribution in [0.3, 0.4) is 0 Å². The zero-order chi connectivity index (χ0) is 13.8. The number of rotatable bonds is 6. The van der Waals surface area contributed by atoms with Gasteiger partial charge < -0.3 is 5.73 Å². The molecule has 0 fully saturated rings. The second-order valence-corrected chi connectivity index (χ2v) is 6.56. The molecular weight excluding hydrogens is 268 g/mol. The van der Waals surface area contributed by atoms with E-state index in [1.54, 1.807) is 25.2 Å². The molecule has 1 aromatic rings. The van der Waals surface area contributed by atoms with Crippen LogP contribution in [0, 0.1) is 0 Å². The van der Waals surface area contributed by atoms with Crippen molar-refractivity contribution in [2.24, 2.45) is 5.73 Å². The first-order chi connectivity index (χ1) is 8.39. The highest BCUT2D eigenvalue weighted by molar-refractivity contribution is 7.89. The number of hydrogen-bond donors (Lipinski definition) is 1. The maximum Gasteiger partial charge on any atom is 0.242 e. The molecule has 0 saturated heterocycles. The van der Waals surface area contributed by atoms with Crippen molar-refractivity contribution < 1.29 is 8.42 Å². The smallest absolute Gasteiger partial charge is 0.242 e. The molecule has 0 aliphatic rings. The zero-order valence-corrected chi connectivity index (χ0v) is 12.2. The molecule has 0 amide bonds. The molecule has 2 N–H and O–H groups in total. The molecule has 0 heterocycles. The Labute approximate surface area is 114 Å². The Bertz CT molecular complexity index is 527. The SMILES string of the molecule is CCCCN(C)S(=O)(=O)c1cccc(C(N)=S)c1. The summed E-state index contributed by atoms with van der Waals surface area (Å²) in [4.78, 5) is 0.426. The van der Waals surface area contributed by atoms with Gasteiger partial charge in [-0.3, -0.25) is 0 Å². The van der Waals surface area contributed by atoms with Crippen LogP contribution < -0.4 is 5.73 Å². The van der Waals surface area contributed by atoms with E-state index in [2.05, 4.69) is 0 Å². The third kappa shape index (κ3) is 3.51. The molecule has 0 spiro atoms. The highest BCUT2D eigenvalue weighted by Gasteiger charge is 2.20. The molecule has 0 saturated carbocycles. The summed E-state index contributed by atoms with van der Waals surface area (Å²) in [5.41, 5.74) is 6.07. The monoisotopic (exact) mass is 286 g/mol. The number of sulfonamides is 1. The predicted octanol–water partition coefficient (Wildman–Crippen LogP) is 1.74. The van der Waals surface area contributed by atoms with E-state index in [0.717, 1.165) is 12.8 Å². The Balaban J connectivity index is 3.04. The van der Waals surface area contributed by atoms with Crippen molar-refractivity contribution in [1.82, 2.24) is 4.31 Å². The van der Waals surface area contributed by atoms with Crippen LogP contribution >= 0.6 is 12.2 Å². The van der Waals surface area contributed by atoms with E-state index in [1.165, 1.54) is 10.4 Å². The molecule has 1 rings (SSSR count). The molecule has 0 radical (unpaired) electrons. The van der Waals surface area contributed by atoms with Crippen molar-refractivity contribution in [3.8, 4) is 0 Å². The summed E-state index contributed by atoms with van der Waals surface area (Å²) >= 11 is 4.85. The summed E-state index contributed by atoms with van der Waals surface area (Å²) in [5.74, 6) is 0. The van der Waals surface area contributed by atoms with Gasteiger partial charge in [-0.1, -0.05) is 37.7 Å². The lowest BCUT2D eigenvalue weighted by Gasteiger charge is -2.17. The summed E-state index contributed by atoms with van der Waals surface area (Å²) < 4.78 is 25.9. The molecule has 6 heteroatoms. The van der Waals surface area contributed by atoms with Gasteiger partial charge in [0.1, 0.15) is 4.99 Å². The Morgan fingerprint density at radius 1 is 1.44 bits per heavy atom. The standard InChI is InChI=1S/C12H18N2O2S2/c1-3-4-8-14(2)18(15,16)11-7-5-6-10(9-11)12(13)17/h5-7,9H,3-4,8H2,1-2H3,(H2,13,17). The van der Waals surface area contributed by atoms with Crippen LogP contribution in [0.5, 0.6) is 0 Å². The maximum absolute atomic E-state index is 12.3. The van der Waals surface area contributed by atoms with Crippen molar-refractivity contribution >= 4 is 27.2 Å². The molecule has 18 heavy (non-hydrogen) atoms. The third-order valence-electron chi connectivity index (χ3n) is 2.65. The van der Waals surface area contributed by atoms with Crippen molar-refractivity contribution in [1.29, 1.82) is 0 Å². The van der Waals surface area contributed by atoms with Gasteiger partial charge in [-0.25, -0.2) is 12.7 Å². The summed E-state index contributed by atoms with van der Waals surface area (Å²) in [6, 6.07) is 6.42. The van der Waals surface area contributed by atoms with Crippen molar-refractivity contribution in [2.45, 2.75) is 24.7 Å².